The molecule has 0 saturated carbocycles. The molecular formula is C16H19NO. The molecule has 0 aliphatic rings. The topological polar surface area (TPSA) is 40.9 Å². The number of hydrogen-bond acceptors (Lipinski definition) is 2. The predicted molar refractivity (Wildman–Crippen MR) is 73.9 cm³/mol. The summed E-state index contributed by atoms with van der Waals surface area (Å²) in [5, 5.41) is 9.03. The lowest BCUT2D eigenvalue weighted by Gasteiger charge is -2.03. The van der Waals surface area contributed by atoms with E-state index in [2.05, 4.69) is 6.92 Å². The fourth-order valence-electron chi connectivity index (χ4n) is 1.67. The molecule has 1 rings (SSSR count). The van der Waals surface area contributed by atoms with E-state index < -0.39 is 0 Å². The fraction of sp³-hybridized carbons (Fsp3) is 0.375. The number of ketones is 1. The molecule has 0 saturated heterocycles. The Morgan fingerprint density at radius 3 is 2.39 bits per heavy atom. The van der Waals surface area contributed by atoms with Gasteiger partial charge in [-0.15, -0.1) is 0 Å². The Hall–Kier alpha value is -1.88. The number of aryl methyl sites for hydroxylation is 1. The van der Waals surface area contributed by atoms with E-state index in [-0.39, 0.29) is 17.3 Å². The number of Topliss-reactive ketones (excluding diaryl/α,β-unsaturated/α-hetero) is 1. The summed E-state index contributed by atoms with van der Waals surface area (Å²) < 4.78 is 0. The van der Waals surface area contributed by atoms with E-state index in [9.17, 15) is 4.79 Å². The molecule has 18 heavy (non-hydrogen) atoms. The van der Waals surface area contributed by atoms with Gasteiger partial charge >= 0.3 is 0 Å². The first kappa shape index (κ1) is 14.2. The van der Waals surface area contributed by atoms with E-state index in [4.69, 9.17) is 5.26 Å². The third kappa shape index (κ3) is 4.18. The largest absolute Gasteiger partial charge is 0.293 e. The Balaban J connectivity index is 2.90. The molecule has 1 aromatic carbocycles. The molecular weight excluding hydrogens is 222 g/mol. The van der Waals surface area contributed by atoms with Crippen LogP contribution in [-0.2, 0) is 11.2 Å². The van der Waals surface area contributed by atoms with Crippen molar-refractivity contribution in [3.05, 3.63) is 41.0 Å². The zero-order valence-corrected chi connectivity index (χ0v) is 11.2. The molecule has 0 aliphatic carbocycles. The quantitative estimate of drug-likeness (QED) is 0.581. The van der Waals surface area contributed by atoms with Crippen LogP contribution < -0.4 is 0 Å². The minimum absolute atomic E-state index is 0.0768. The first-order valence-electron chi connectivity index (χ1n) is 6.30. The summed E-state index contributed by atoms with van der Waals surface area (Å²) in [6.07, 6.45) is 3.08. The lowest BCUT2D eigenvalue weighted by molar-refractivity contribution is -0.115. The van der Waals surface area contributed by atoms with Crippen molar-refractivity contribution in [2.75, 3.05) is 0 Å². The minimum atomic E-state index is -0.0768. The highest BCUT2D eigenvalue weighted by atomic mass is 16.1. The molecule has 0 amide bonds. The number of allylic oxidation sites excluding steroid dienone is 1. The molecule has 0 spiro atoms. The van der Waals surface area contributed by atoms with E-state index in [1.165, 1.54) is 5.56 Å². The third-order valence-electron chi connectivity index (χ3n) is 2.71. The molecule has 0 fully saturated rings. The molecule has 1 aromatic rings. The Morgan fingerprint density at radius 1 is 1.33 bits per heavy atom. The van der Waals surface area contributed by atoms with E-state index in [1.54, 1.807) is 6.08 Å². The number of carbonyl (C=O) groups is 1. The zero-order chi connectivity index (χ0) is 13.5. The molecule has 2 heteroatoms. The van der Waals surface area contributed by atoms with Gasteiger partial charge in [0.05, 0.1) is 5.57 Å². The number of nitriles is 1. The van der Waals surface area contributed by atoms with Crippen molar-refractivity contribution in [1.29, 1.82) is 5.26 Å². The smallest absolute Gasteiger partial charge is 0.173 e. The SMILES string of the molecule is CCc1ccc(/C=C(/C#N)C(=O)CC(C)C)cc1. The molecule has 0 N–H and O–H groups in total. The Kier molecular flexibility index (Phi) is 5.32. The zero-order valence-electron chi connectivity index (χ0n) is 11.2. The normalized spacial score (nSPS) is 11.4. The van der Waals surface area contributed by atoms with E-state index >= 15 is 0 Å². The summed E-state index contributed by atoms with van der Waals surface area (Å²) in [6, 6.07) is 9.93. The first-order chi connectivity index (χ1) is 8.56. The fourth-order valence-corrected chi connectivity index (χ4v) is 1.67. The van der Waals surface area contributed by atoms with Crippen LogP contribution in [0.2, 0.25) is 0 Å². The highest BCUT2D eigenvalue weighted by molar-refractivity contribution is 6.03. The second-order valence-corrected chi connectivity index (χ2v) is 4.79. The summed E-state index contributed by atoms with van der Waals surface area (Å²) in [5.74, 6) is 0.198. The third-order valence-corrected chi connectivity index (χ3v) is 2.71. The lowest BCUT2D eigenvalue weighted by Crippen LogP contribution is -2.04. The van der Waals surface area contributed by atoms with Crippen LogP contribution in [0.1, 0.15) is 38.3 Å². The second-order valence-electron chi connectivity index (χ2n) is 4.79. The van der Waals surface area contributed by atoms with Crippen molar-refractivity contribution in [2.24, 2.45) is 5.92 Å². The van der Waals surface area contributed by atoms with Gasteiger partial charge in [-0.05, 0) is 29.5 Å². The van der Waals surface area contributed by atoms with Gasteiger partial charge in [-0.2, -0.15) is 5.26 Å². The number of nitrogens with zero attached hydrogens (tertiary/aromatic N) is 1. The van der Waals surface area contributed by atoms with Crippen molar-refractivity contribution >= 4 is 11.9 Å². The molecule has 0 aliphatic heterocycles. The van der Waals surface area contributed by atoms with Crippen molar-refractivity contribution in [3.63, 3.8) is 0 Å². The van der Waals surface area contributed by atoms with Gasteiger partial charge in [0.2, 0.25) is 0 Å². The standard InChI is InChI=1S/C16H19NO/c1-4-13-5-7-14(8-6-13)10-15(11-17)16(18)9-12(2)3/h5-8,10,12H,4,9H2,1-3H3/b15-10-. The van der Waals surface area contributed by atoms with E-state index in [0.717, 1.165) is 12.0 Å². The summed E-state index contributed by atoms with van der Waals surface area (Å²) in [5.41, 5.74) is 2.40. The molecule has 0 heterocycles. The number of hydrogen-bond donors (Lipinski definition) is 0. The highest BCUT2D eigenvalue weighted by Crippen LogP contribution is 2.13. The number of rotatable bonds is 5. The maximum Gasteiger partial charge on any atom is 0.173 e. The Bertz CT molecular complexity index is 475. The second kappa shape index (κ2) is 6.76. The van der Waals surface area contributed by atoms with E-state index in [0.29, 0.717) is 6.42 Å². The van der Waals surface area contributed by atoms with Crippen LogP contribution in [0.3, 0.4) is 0 Å². The van der Waals surface area contributed by atoms with E-state index in [1.807, 2.05) is 44.2 Å². The van der Waals surface area contributed by atoms with Gasteiger partial charge in [-0.3, -0.25) is 4.79 Å². The van der Waals surface area contributed by atoms with Gasteiger partial charge in [-0.25, -0.2) is 0 Å². The summed E-state index contributed by atoms with van der Waals surface area (Å²) >= 11 is 0. The van der Waals surface area contributed by atoms with Gasteiger partial charge in [-0.1, -0.05) is 45.0 Å². The summed E-state index contributed by atoms with van der Waals surface area (Å²) in [4.78, 5) is 11.8. The van der Waals surface area contributed by atoms with Gasteiger partial charge < -0.3 is 0 Å². The molecule has 0 bridgehead atoms. The van der Waals surface area contributed by atoms with Gasteiger partial charge in [0.1, 0.15) is 6.07 Å². The molecule has 94 valence electrons. The highest BCUT2D eigenvalue weighted by Gasteiger charge is 2.10. The maximum atomic E-state index is 11.8. The van der Waals surface area contributed by atoms with Gasteiger partial charge in [0, 0.05) is 6.42 Å². The maximum absolute atomic E-state index is 11.8. The van der Waals surface area contributed by atoms with Crippen molar-refractivity contribution < 1.29 is 4.79 Å². The van der Waals surface area contributed by atoms with Crippen LogP contribution in [0.5, 0.6) is 0 Å². The monoisotopic (exact) mass is 241 g/mol. The van der Waals surface area contributed by atoms with Gasteiger partial charge in [0.25, 0.3) is 0 Å². The van der Waals surface area contributed by atoms with Crippen molar-refractivity contribution in [2.45, 2.75) is 33.6 Å². The average molecular weight is 241 g/mol. The summed E-state index contributed by atoms with van der Waals surface area (Å²) in [6.45, 7) is 6.05. The Morgan fingerprint density at radius 2 is 1.94 bits per heavy atom. The van der Waals surface area contributed by atoms with Crippen LogP contribution in [0.15, 0.2) is 29.8 Å². The van der Waals surface area contributed by atoms with Crippen LogP contribution in [0, 0.1) is 17.2 Å². The lowest BCUT2D eigenvalue weighted by atomic mass is 10.00. The van der Waals surface area contributed by atoms with Crippen LogP contribution in [0.25, 0.3) is 6.08 Å². The van der Waals surface area contributed by atoms with Crippen LogP contribution in [-0.4, -0.2) is 5.78 Å². The number of benzene rings is 1. The average Bonchev–Trinajstić information content (AvgIpc) is 2.35. The number of carbonyl (C=O) groups excluding carboxylic acids is 1. The minimum Gasteiger partial charge on any atom is -0.293 e. The van der Waals surface area contributed by atoms with Crippen molar-refractivity contribution in [1.82, 2.24) is 0 Å². The molecule has 0 radical (unpaired) electrons. The Labute approximate surface area is 109 Å². The molecule has 0 atom stereocenters. The molecule has 2 nitrogen and oxygen atoms in total. The predicted octanol–water partition coefficient (Wildman–Crippen LogP) is 3.77. The summed E-state index contributed by atoms with van der Waals surface area (Å²) in [7, 11) is 0. The molecule has 0 aromatic heterocycles. The van der Waals surface area contributed by atoms with Crippen LogP contribution >= 0.6 is 0 Å². The van der Waals surface area contributed by atoms with Gasteiger partial charge in [0.15, 0.2) is 5.78 Å². The van der Waals surface area contributed by atoms with Crippen molar-refractivity contribution in [3.8, 4) is 6.07 Å². The van der Waals surface area contributed by atoms with Crippen LogP contribution in [0.4, 0.5) is 0 Å². The molecule has 0 unspecified atom stereocenters. The first-order valence-corrected chi connectivity index (χ1v) is 6.30.